The number of nitro groups is 1. The van der Waals surface area contributed by atoms with Crippen LogP contribution in [0.15, 0.2) is 64.5 Å². The van der Waals surface area contributed by atoms with E-state index in [9.17, 15) is 10.1 Å². The quantitative estimate of drug-likeness (QED) is 0.536. The molecule has 0 aliphatic carbocycles. The van der Waals surface area contributed by atoms with Crippen LogP contribution in [0.2, 0.25) is 0 Å². The van der Waals surface area contributed by atoms with Gasteiger partial charge in [-0.2, -0.15) is 0 Å². The van der Waals surface area contributed by atoms with Crippen LogP contribution in [0.1, 0.15) is 25.8 Å². The third-order valence-corrected chi connectivity index (χ3v) is 4.96. The molecule has 1 heterocycles. The van der Waals surface area contributed by atoms with Crippen LogP contribution in [0, 0.1) is 10.1 Å². The fourth-order valence-electron chi connectivity index (χ4n) is 2.60. The van der Waals surface area contributed by atoms with E-state index in [1.165, 1.54) is 17.0 Å². The molecule has 1 aliphatic heterocycles. The first-order valence-electron chi connectivity index (χ1n) is 7.71. The highest BCUT2D eigenvalue weighted by Crippen LogP contribution is 2.43. The fraction of sp³-hybridized carbons (Fsp3) is 0.211. The van der Waals surface area contributed by atoms with Crippen molar-refractivity contribution in [1.29, 1.82) is 0 Å². The van der Waals surface area contributed by atoms with E-state index in [2.05, 4.69) is 19.9 Å². The molecule has 0 unspecified atom stereocenters. The third kappa shape index (κ3) is 3.92. The average Bonchev–Trinajstić information content (AvgIpc) is 2.67. The number of rotatable bonds is 3. The Labute approximate surface area is 145 Å². The van der Waals surface area contributed by atoms with E-state index in [0.717, 1.165) is 23.4 Å². The van der Waals surface area contributed by atoms with Crippen molar-refractivity contribution in [2.24, 2.45) is 4.99 Å². The van der Waals surface area contributed by atoms with E-state index in [1.807, 2.05) is 42.1 Å². The molecule has 0 bridgehead atoms. The van der Waals surface area contributed by atoms with Gasteiger partial charge in [0.2, 0.25) is 0 Å². The van der Waals surface area contributed by atoms with Gasteiger partial charge in [0.15, 0.2) is 0 Å². The summed E-state index contributed by atoms with van der Waals surface area (Å²) in [5, 5.41) is 10.7. The van der Waals surface area contributed by atoms with Crippen LogP contribution in [0.25, 0.3) is 6.08 Å². The highest BCUT2D eigenvalue weighted by atomic mass is 32.2. The third-order valence-electron chi connectivity index (χ3n) is 3.69. The highest BCUT2D eigenvalue weighted by Gasteiger charge is 2.25. The Balaban J connectivity index is 1.88. The molecule has 0 saturated carbocycles. The molecule has 4 nitrogen and oxygen atoms in total. The zero-order valence-electron chi connectivity index (χ0n) is 13.6. The SMILES string of the molecule is CC1(C)CC(/C=C/c2ccc([N+](=O)[O-])cc2)=Nc2ccccc2S1. The van der Waals surface area contributed by atoms with Gasteiger partial charge in [0.1, 0.15) is 0 Å². The lowest BCUT2D eigenvalue weighted by atomic mass is 10.0. The first-order valence-corrected chi connectivity index (χ1v) is 8.53. The molecule has 0 aromatic heterocycles. The predicted molar refractivity (Wildman–Crippen MR) is 100 cm³/mol. The number of allylic oxidation sites excluding steroid dienone is 1. The molecule has 1 aliphatic rings. The van der Waals surface area contributed by atoms with Crippen molar-refractivity contribution < 1.29 is 4.92 Å². The molecule has 0 saturated heterocycles. The molecule has 5 heteroatoms. The molecule has 0 atom stereocenters. The number of fused-ring (bicyclic) bond motifs is 1. The number of aliphatic imine (C=N–C) groups is 1. The Bertz CT molecular complexity index is 824. The van der Waals surface area contributed by atoms with Gasteiger partial charge < -0.3 is 0 Å². The van der Waals surface area contributed by atoms with Crippen LogP contribution < -0.4 is 0 Å². The lowest BCUT2D eigenvalue weighted by molar-refractivity contribution is -0.384. The van der Waals surface area contributed by atoms with Crippen LogP contribution >= 0.6 is 11.8 Å². The molecule has 2 aromatic carbocycles. The summed E-state index contributed by atoms with van der Waals surface area (Å²) in [6.45, 7) is 4.43. The molecule has 0 N–H and O–H groups in total. The smallest absolute Gasteiger partial charge is 0.258 e. The zero-order valence-corrected chi connectivity index (χ0v) is 14.4. The van der Waals surface area contributed by atoms with E-state index in [-0.39, 0.29) is 15.4 Å². The molecule has 0 fully saturated rings. The number of nitrogens with zero attached hydrogens (tertiary/aromatic N) is 2. The minimum Gasteiger partial charge on any atom is -0.258 e. The predicted octanol–water partition coefficient (Wildman–Crippen LogP) is 5.66. The van der Waals surface area contributed by atoms with E-state index < -0.39 is 0 Å². The second kappa shape index (κ2) is 6.61. The van der Waals surface area contributed by atoms with Crippen molar-refractivity contribution >= 4 is 34.9 Å². The Morgan fingerprint density at radius 3 is 2.54 bits per heavy atom. The highest BCUT2D eigenvalue weighted by molar-refractivity contribution is 8.00. The second-order valence-corrected chi connectivity index (χ2v) is 8.04. The summed E-state index contributed by atoms with van der Waals surface area (Å²) in [6, 6.07) is 14.7. The van der Waals surface area contributed by atoms with Gasteiger partial charge >= 0.3 is 0 Å². The van der Waals surface area contributed by atoms with Crippen molar-refractivity contribution in [2.75, 3.05) is 0 Å². The van der Waals surface area contributed by atoms with Gasteiger partial charge in [-0.05, 0) is 49.8 Å². The molecule has 0 spiro atoms. The van der Waals surface area contributed by atoms with Crippen LogP contribution in [0.4, 0.5) is 11.4 Å². The lowest BCUT2D eigenvalue weighted by Gasteiger charge is -2.21. The molecule has 24 heavy (non-hydrogen) atoms. The number of para-hydroxylation sites is 1. The summed E-state index contributed by atoms with van der Waals surface area (Å²) < 4.78 is 0.0608. The first-order chi connectivity index (χ1) is 11.4. The van der Waals surface area contributed by atoms with E-state index in [4.69, 9.17) is 4.99 Å². The van der Waals surface area contributed by atoms with Crippen LogP contribution in [0.3, 0.4) is 0 Å². The fourth-order valence-corrected chi connectivity index (χ4v) is 3.78. The number of hydrogen-bond acceptors (Lipinski definition) is 4. The zero-order chi connectivity index (χ0) is 17.2. The summed E-state index contributed by atoms with van der Waals surface area (Å²) in [7, 11) is 0. The molecular weight excluding hydrogens is 320 g/mol. The average molecular weight is 338 g/mol. The van der Waals surface area contributed by atoms with Gasteiger partial charge in [-0.25, -0.2) is 0 Å². The number of thioether (sulfide) groups is 1. The molecule has 2 aromatic rings. The molecule has 122 valence electrons. The van der Waals surface area contributed by atoms with Crippen molar-refractivity contribution in [3.8, 4) is 0 Å². The number of nitro benzene ring substituents is 1. The largest absolute Gasteiger partial charge is 0.269 e. The molecule has 0 amide bonds. The molecule has 3 rings (SSSR count). The minimum atomic E-state index is -0.389. The summed E-state index contributed by atoms with van der Waals surface area (Å²) in [6.07, 6.45) is 4.82. The van der Waals surface area contributed by atoms with Gasteiger partial charge in [-0.1, -0.05) is 18.2 Å². The Kier molecular flexibility index (Phi) is 4.53. The van der Waals surface area contributed by atoms with E-state index >= 15 is 0 Å². The van der Waals surface area contributed by atoms with Crippen molar-refractivity contribution in [3.63, 3.8) is 0 Å². The summed E-state index contributed by atoms with van der Waals surface area (Å²) in [4.78, 5) is 16.3. The Morgan fingerprint density at radius 2 is 1.83 bits per heavy atom. The summed E-state index contributed by atoms with van der Waals surface area (Å²) in [5.41, 5.74) is 3.03. The lowest BCUT2D eigenvalue weighted by Crippen LogP contribution is -2.17. The van der Waals surface area contributed by atoms with Gasteiger partial charge in [-0.3, -0.25) is 15.1 Å². The van der Waals surface area contributed by atoms with Crippen LogP contribution in [-0.2, 0) is 0 Å². The monoisotopic (exact) mass is 338 g/mol. The van der Waals surface area contributed by atoms with Gasteiger partial charge in [0.25, 0.3) is 5.69 Å². The number of benzene rings is 2. The number of hydrogen-bond donors (Lipinski definition) is 0. The molecular formula is C19H18N2O2S. The van der Waals surface area contributed by atoms with Gasteiger partial charge in [-0.15, -0.1) is 11.8 Å². The maximum absolute atomic E-state index is 10.7. The van der Waals surface area contributed by atoms with Gasteiger partial charge in [0.05, 0.1) is 10.6 Å². The maximum Gasteiger partial charge on any atom is 0.269 e. The standard InChI is InChI=1S/C19H18N2O2S/c1-19(2)13-15(20-17-5-3-4-6-18(17)24-19)10-7-14-8-11-16(12-9-14)21(22)23/h3-12H,13H2,1-2H3/b10-7+. The van der Waals surface area contributed by atoms with E-state index in [1.54, 1.807) is 12.1 Å². The molecule has 0 radical (unpaired) electrons. The summed E-state index contributed by atoms with van der Waals surface area (Å²) in [5.74, 6) is 0. The van der Waals surface area contributed by atoms with Crippen LogP contribution in [0.5, 0.6) is 0 Å². The number of non-ortho nitro benzene ring substituents is 1. The Morgan fingerprint density at radius 1 is 1.12 bits per heavy atom. The summed E-state index contributed by atoms with van der Waals surface area (Å²) >= 11 is 1.84. The normalized spacial score (nSPS) is 16.3. The van der Waals surface area contributed by atoms with Crippen molar-refractivity contribution in [3.05, 3.63) is 70.3 Å². The Hall–Kier alpha value is -2.40. The van der Waals surface area contributed by atoms with Crippen LogP contribution in [-0.4, -0.2) is 15.4 Å². The minimum absolute atomic E-state index is 0.0608. The second-order valence-electron chi connectivity index (χ2n) is 6.29. The van der Waals surface area contributed by atoms with Crippen molar-refractivity contribution in [1.82, 2.24) is 0 Å². The van der Waals surface area contributed by atoms with Gasteiger partial charge in [0, 0.05) is 33.9 Å². The maximum atomic E-state index is 10.7. The van der Waals surface area contributed by atoms with Crippen molar-refractivity contribution in [2.45, 2.75) is 29.9 Å². The first kappa shape index (κ1) is 16.5. The topological polar surface area (TPSA) is 55.5 Å². The van der Waals surface area contributed by atoms with E-state index in [0.29, 0.717) is 0 Å².